The summed E-state index contributed by atoms with van der Waals surface area (Å²) >= 11 is 3.44. The number of carbonyl (C=O) groups excluding carboxylic acids is 1. The summed E-state index contributed by atoms with van der Waals surface area (Å²) in [5.41, 5.74) is 1.79. The van der Waals surface area contributed by atoms with E-state index in [1.54, 1.807) is 7.11 Å². The Hall–Kier alpha value is -0.870. The number of carbonyl (C=O) groups is 1. The second-order valence-corrected chi connectivity index (χ2v) is 5.66. The minimum Gasteiger partial charge on any atom is -0.381 e. The summed E-state index contributed by atoms with van der Waals surface area (Å²) in [4.78, 5) is 12.1. The molecule has 0 aliphatic heterocycles. The average Bonchev–Trinajstić information content (AvgIpc) is 2.80. The van der Waals surface area contributed by atoms with Crippen LogP contribution in [-0.4, -0.2) is 25.2 Å². The van der Waals surface area contributed by atoms with E-state index < -0.39 is 0 Å². The SMILES string of the molecule is COC1CCC(NC(=O)c2ccc(Br)c(C)c2)C1. The number of benzene rings is 1. The van der Waals surface area contributed by atoms with E-state index in [1.165, 1.54) is 0 Å². The Morgan fingerprint density at radius 2 is 2.22 bits per heavy atom. The van der Waals surface area contributed by atoms with Crippen molar-refractivity contribution in [2.45, 2.75) is 38.3 Å². The van der Waals surface area contributed by atoms with Crippen molar-refractivity contribution in [2.75, 3.05) is 7.11 Å². The lowest BCUT2D eigenvalue weighted by Gasteiger charge is -2.13. The first-order chi connectivity index (χ1) is 8.60. The summed E-state index contributed by atoms with van der Waals surface area (Å²) in [6.45, 7) is 1.98. The van der Waals surface area contributed by atoms with Crippen LogP contribution in [0.25, 0.3) is 0 Å². The number of amides is 1. The maximum Gasteiger partial charge on any atom is 0.251 e. The third-order valence-corrected chi connectivity index (χ3v) is 4.36. The van der Waals surface area contributed by atoms with Gasteiger partial charge in [0.2, 0.25) is 0 Å². The summed E-state index contributed by atoms with van der Waals surface area (Å²) in [5, 5.41) is 3.07. The van der Waals surface area contributed by atoms with E-state index in [2.05, 4.69) is 21.2 Å². The number of methoxy groups -OCH3 is 1. The standard InChI is InChI=1S/C14H18BrNO2/c1-9-7-10(3-6-13(9)15)14(17)16-11-4-5-12(8-11)18-2/h3,6-7,11-12H,4-5,8H2,1-2H3,(H,16,17). The molecule has 1 aromatic rings. The Morgan fingerprint density at radius 1 is 1.44 bits per heavy atom. The molecule has 1 N–H and O–H groups in total. The third kappa shape index (κ3) is 3.12. The van der Waals surface area contributed by atoms with E-state index in [1.807, 2.05) is 25.1 Å². The fraction of sp³-hybridized carbons (Fsp3) is 0.500. The van der Waals surface area contributed by atoms with E-state index in [-0.39, 0.29) is 11.9 Å². The quantitative estimate of drug-likeness (QED) is 0.931. The fourth-order valence-corrected chi connectivity index (χ4v) is 2.59. The normalized spacial score (nSPS) is 23.1. The van der Waals surface area contributed by atoms with Crippen LogP contribution in [0, 0.1) is 6.92 Å². The molecular formula is C14H18BrNO2. The van der Waals surface area contributed by atoms with Gasteiger partial charge >= 0.3 is 0 Å². The van der Waals surface area contributed by atoms with Gasteiger partial charge in [0.15, 0.2) is 0 Å². The number of rotatable bonds is 3. The molecule has 0 spiro atoms. The molecule has 2 unspecified atom stereocenters. The Morgan fingerprint density at radius 3 is 2.83 bits per heavy atom. The smallest absolute Gasteiger partial charge is 0.251 e. The van der Waals surface area contributed by atoms with Gasteiger partial charge in [0.25, 0.3) is 5.91 Å². The van der Waals surface area contributed by atoms with Crippen molar-refractivity contribution in [3.8, 4) is 0 Å². The van der Waals surface area contributed by atoms with E-state index in [9.17, 15) is 4.79 Å². The minimum absolute atomic E-state index is 0.00681. The summed E-state index contributed by atoms with van der Waals surface area (Å²) in [6.07, 6.45) is 3.24. The molecule has 98 valence electrons. The zero-order chi connectivity index (χ0) is 13.1. The molecule has 1 aliphatic carbocycles. The van der Waals surface area contributed by atoms with Crippen molar-refractivity contribution in [3.05, 3.63) is 33.8 Å². The van der Waals surface area contributed by atoms with Gasteiger partial charge in [0, 0.05) is 23.2 Å². The first kappa shape index (κ1) is 13.6. The summed E-state index contributed by atoms with van der Waals surface area (Å²) in [6, 6.07) is 5.90. The lowest BCUT2D eigenvalue weighted by atomic mass is 10.1. The molecule has 0 radical (unpaired) electrons. The van der Waals surface area contributed by atoms with Gasteiger partial charge < -0.3 is 10.1 Å². The van der Waals surface area contributed by atoms with Gasteiger partial charge in [-0.25, -0.2) is 0 Å². The van der Waals surface area contributed by atoms with Crippen LogP contribution in [-0.2, 0) is 4.74 Å². The Labute approximate surface area is 116 Å². The van der Waals surface area contributed by atoms with Crippen LogP contribution in [0.4, 0.5) is 0 Å². The van der Waals surface area contributed by atoms with Gasteiger partial charge in [0.1, 0.15) is 0 Å². The Balaban J connectivity index is 1.97. The highest BCUT2D eigenvalue weighted by Crippen LogP contribution is 2.22. The van der Waals surface area contributed by atoms with E-state index in [4.69, 9.17) is 4.74 Å². The van der Waals surface area contributed by atoms with Crippen molar-refractivity contribution in [1.29, 1.82) is 0 Å². The molecule has 1 fully saturated rings. The van der Waals surface area contributed by atoms with Crippen LogP contribution < -0.4 is 5.32 Å². The van der Waals surface area contributed by atoms with Crippen molar-refractivity contribution in [3.63, 3.8) is 0 Å². The largest absolute Gasteiger partial charge is 0.381 e. The zero-order valence-corrected chi connectivity index (χ0v) is 12.3. The Kier molecular flexibility index (Phi) is 4.40. The molecule has 0 heterocycles. The van der Waals surface area contributed by atoms with Crippen LogP contribution >= 0.6 is 15.9 Å². The fourth-order valence-electron chi connectivity index (χ4n) is 2.34. The highest BCUT2D eigenvalue weighted by Gasteiger charge is 2.25. The number of ether oxygens (including phenoxy) is 1. The van der Waals surface area contributed by atoms with E-state index in [0.717, 1.165) is 34.9 Å². The van der Waals surface area contributed by atoms with Crippen molar-refractivity contribution in [2.24, 2.45) is 0 Å². The molecule has 1 amide bonds. The molecule has 4 heteroatoms. The van der Waals surface area contributed by atoms with Gasteiger partial charge in [-0.2, -0.15) is 0 Å². The van der Waals surface area contributed by atoms with E-state index in [0.29, 0.717) is 6.10 Å². The molecule has 3 nitrogen and oxygen atoms in total. The predicted molar refractivity (Wildman–Crippen MR) is 74.8 cm³/mol. The lowest BCUT2D eigenvalue weighted by molar-refractivity contribution is 0.0915. The molecule has 0 bridgehead atoms. The van der Waals surface area contributed by atoms with Gasteiger partial charge in [-0.15, -0.1) is 0 Å². The second kappa shape index (κ2) is 5.85. The molecule has 2 atom stereocenters. The van der Waals surface area contributed by atoms with Gasteiger partial charge in [-0.3, -0.25) is 4.79 Å². The summed E-state index contributed by atoms with van der Waals surface area (Å²) < 4.78 is 6.33. The number of hydrogen-bond donors (Lipinski definition) is 1. The summed E-state index contributed by atoms with van der Waals surface area (Å²) in [5.74, 6) is 0.00681. The third-order valence-electron chi connectivity index (χ3n) is 3.47. The molecule has 0 aromatic heterocycles. The maximum absolute atomic E-state index is 12.1. The number of halogens is 1. The number of hydrogen-bond acceptors (Lipinski definition) is 2. The number of nitrogens with one attached hydrogen (secondary N) is 1. The predicted octanol–water partition coefficient (Wildman–Crippen LogP) is 3.05. The molecule has 1 aromatic carbocycles. The van der Waals surface area contributed by atoms with Crippen LogP contribution in [0.2, 0.25) is 0 Å². The molecule has 1 aliphatic rings. The van der Waals surface area contributed by atoms with Crippen LogP contribution in [0.1, 0.15) is 35.2 Å². The van der Waals surface area contributed by atoms with E-state index >= 15 is 0 Å². The number of aryl methyl sites for hydroxylation is 1. The molecule has 0 saturated heterocycles. The van der Waals surface area contributed by atoms with Gasteiger partial charge in [-0.05, 0) is 49.9 Å². The van der Waals surface area contributed by atoms with Gasteiger partial charge in [0.05, 0.1) is 6.10 Å². The van der Waals surface area contributed by atoms with Crippen molar-refractivity contribution < 1.29 is 9.53 Å². The first-order valence-electron chi connectivity index (χ1n) is 6.20. The zero-order valence-electron chi connectivity index (χ0n) is 10.7. The highest BCUT2D eigenvalue weighted by atomic mass is 79.9. The lowest BCUT2D eigenvalue weighted by Crippen LogP contribution is -2.33. The highest BCUT2D eigenvalue weighted by molar-refractivity contribution is 9.10. The topological polar surface area (TPSA) is 38.3 Å². The molecule has 2 rings (SSSR count). The monoisotopic (exact) mass is 311 g/mol. The molecule has 1 saturated carbocycles. The second-order valence-electron chi connectivity index (χ2n) is 4.81. The van der Waals surface area contributed by atoms with Crippen LogP contribution in [0.3, 0.4) is 0 Å². The first-order valence-corrected chi connectivity index (χ1v) is 6.99. The molecular weight excluding hydrogens is 294 g/mol. The molecule has 18 heavy (non-hydrogen) atoms. The average molecular weight is 312 g/mol. The van der Waals surface area contributed by atoms with Crippen molar-refractivity contribution >= 4 is 21.8 Å². The van der Waals surface area contributed by atoms with Gasteiger partial charge in [-0.1, -0.05) is 15.9 Å². The van der Waals surface area contributed by atoms with Crippen LogP contribution in [0.15, 0.2) is 22.7 Å². The maximum atomic E-state index is 12.1. The Bertz CT molecular complexity index is 447. The minimum atomic E-state index is 0.00681. The van der Waals surface area contributed by atoms with Crippen molar-refractivity contribution in [1.82, 2.24) is 5.32 Å². The van der Waals surface area contributed by atoms with Crippen LogP contribution in [0.5, 0.6) is 0 Å². The summed E-state index contributed by atoms with van der Waals surface area (Å²) in [7, 11) is 1.73.